The molecule has 32 heavy (non-hydrogen) atoms. The first-order valence-electron chi connectivity index (χ1n) is 10.5. The molecule has 0 unspecified atom stereocenters. The van der Waals surface area contributed by atoms with Gasteiger partial charge >= 0.3 is 0 Å². The number of methoxy groups -OCH3 is 1. The number of aromatic nitrogens is 4. The lowest BCUT2D eigenvalue weighted by atomic mass is 10.1. The molecule has 3 aromatic rings. The van der Waals surface area contributed by atoms with Gasteiger partial charge in [0.2, 0.25) is 5.95 Å². The van der Waals surface area contributed by atoms with Gasteiger partial charge in [-0.2, -0.15) is 5.10 Å². The zero-order valence-electron chi connectivity index (χ0n) is 17.6. The second kappa shape index (κ2) is 8.76. The molecule has 1 saturated heterocycles. The highest BCUT2D eigenvalue weighted by molar-refractivity contribution is 6.32. The molecule has 1 aliphatic carbocycles. The third-order valence-electron chi connectivity index (χ3n) is 5.53. The maximum Gasteiger partial charge on any atom is 0.257 e. The van der Waals surface area contributed by atoms with Gasteiger partial charge in [0.25, 0.3) is 5.91 Å². The van der Waals surface area contributed by atoms with E-state index in [0.29, 0.717) is 66.0 Å². The van der Waals surface area contributed by atoms with Crippen molar-refractivity contribution in [2.45, 2.75) is 18.9 Å². The minimum atomic E-state index is -0.0746. The number of carbonyl (C=O) groups excluding carboxylic acids is 1. The fraction of sp³-hybridized carbons (Fsp3) is 0.364. The number of amides is 1. The number of anilines is 2. The summed E-state index contributed by atoms with van der Waals surface area (Å²) in [4.78, 5) is 23.5. The number of carbonyl (C=O) groups is 1. The minimum Gasteiger partial charge on any atom is -0.496 e. The van der Waals surface area contributed by atoms with Crippen LogP contribution in [-0.4, -0.2) is 64.0 Å². The van der Waals surface area contributed by atoms with Crippen molar-refractivity contribution in [1.82, 2.24) is 24.6 Å². The first-order valence-corrected chi connectivity index (χ1v) is 10.9. The molecule has 2 fully saturated rings. The van der Waals surface area contributed by atoms with Crippen LogP contribution in [0.5, 0.6) is 5.75 Å². The summed E-state index contributed by atoms with van der Waals surface area (Å²) in [5.74, 6) is 0.790. The number of morpholine rings is 1. The summed E-state index contributed by atoms with van der Waals surface area (Å²) in [6, 6.07) is 5.79. The summed E-state index contributed by atoms with van der Waals surface area (Å²) < 4.78 is 12.8. The molecule has 10 heteroatoms. The Hall–Kier alpha value is -3.17. The smallest absolute Gasteiger partial charge is 0.257 e. The van der Waals surface area contributed by atoms with Crippen LogP contribution in [0.3, 0.4) is 0 Å². The van der Waals surface area contributed by atoms with E-state index in [4.69, 9.17) is 21.1 Å². The van der Waals surface area contributed by atoms with Crippen LogP contribution < -0.4 is 10.1 Å². The number of hydrogen-bond donors (Lipinski definition) is 1. The Kier molecular flexibility index (Phi) is 5.67. The molecule has 0 radical (unpaired) electrons. The predicted octanol–water partition coefficient (Wildman–Crippen LogP) is 3.55. The number of nitrogens with one attached hydrogen (secondary N) is 1. The van der Waals surface area contributed by atoms with Crippen LogP contribution >= 0.6 is 11.6 Å². The topological polar surface area (TPSA) is 94.4 Å². The number of rotatable bonds is 6. The molecule has 0 spiro atoms. The standard InChI is InChI=1S/C22H23ClN6O3/c1-31-19-10-15(2-5-17(19)21(30)28-6-8-32-9-7-28)26-22-24-12-18(23)20(27-22)14-11-25-29(13-14)16-3-4-16/h2,5,10-13,16H,3-4,6-9H2,1H3,(H,24,26,27). The number of benzene rings is 1. The maximum absolute atomic E-state index is 12.9. The van der Waals surface area contributed by atoms with Crippen molar-refractivity contribution in [1.29, 1.82) is 0 Å². The third kappa shape index (κ3) is 4.26. The molecule has 2 aliphatic rings. The summed E-state index contributed by atoms with van der Waals surface area (Å²) in [5, 5.41) is 8.04. The fourth-order valence-electron chi connectivity index (χ4n) is 3.64. The van der Waals surface area contributed by atoms with E-state index in [1.54, 1.807) is 42.6 Å². The van der Waals surface area contributed by atoms with Gasteiger partial charge in [0, 0.05) is 36.6 Å². The largest absolute Gasteiger partial charge is 0.496 e. The van der Waals surface area contributed by atoms with Gasteiger partial charge in [-0.25, -0.2) is 9.97 Å². The quantitative estimate of drug-likeness (QED) is 0.608. The van der Waals surface area contributed by atoms with E-state index >= 15 is 0 Å². The van der Waals surface area contributed by atoms with Crippen molar-refractivity contribution in [3.8, 4) is 17.0 Å². The Labute approximate surface area is 190 Å². The van der Waals surface area contributed by atoms with Crippen molar-refractivity contribution in [2.24, 2.45) is 0 Å². The summed E-state index contributed by atoms with van der Waals surface area (Å²) in [7, 11) is 1.55. The molecule has 0 bridgehead atoms. The van der Waals surface area contributed by atoms with E-state index in [0.717, 1.165) is 18.4 Å². The van der Waals surface area contributed by atoms with Gasteiger partial charge < -0.3 is 19.7 Å². The molecular weight excluding hydrogens is 432 g/mol. The molecule has 2 aromatic heterocycles. The van der Waals surface area contributed by atoms with Crippen molar-refractivity contribution in [3.63, 3.8) is 0 Å². The second-order valence-electron chi connectivity index (χ2n) is 7.77. The second-order valence-corrected chi connectivity index (χ2v) is 8.18. The Morgan fingerprint density at radius 1 is 1.25 bits per heavy atom. The molecule has 1 aromatic carbocycles. The van der Waals surface area contributed by atoms with E-state index in [1.165, 1.54) is 0 Å². The SMILES string of the molecule is COc1cc(Nc2ncc(Cl)c(-c3cnn(C4CC4)c3)n2)ccc1C(=O)N1CCOCC1. The van der Waals surface area contributed by atoms with Gasteiger partial charge in [-0.3, -0.25) is 9.48 Å². The monoisotopic (exact) mass is 454 g/mol. The van der Waals surface area contributed by atoms with E-state index in [2.05, 4.69) is 20.4 Å². The molecule has 166 valence electrons. The van der Waals surface area contributed by atoms with E-state index in [1.807, 2.05) is 10.9 Å². The number of ether oxygens (including phenoxy) is 2. The van der Waals surface area contributed by atoms with Crippen LogP contribution in [0.2, 0.25) is 5.02 Å². The van der Waals surface area contributed by atoms with Gasteiger partial charge in [0.05, 0.1) is 55.0 Å². The lowest BCUT2D eigenvalue weighted by Gasteiger charge is -2.27. The molecule has 9 nitrogen and oxygen atoms in total. The molecule has 3 heterocycles. The molecule has 1 aliphatic heterocycles. The van der Waals surface area contributed by atoms with E-state index in [-0.39, 0.29) is 5.91 Å². The Balaban J connectivity index is 1.37. The van der Waals surface area contributed by atoms with E-state index < -0.39 is 0 Å². The molecule has 1 N–H and O–H groups in total. The van der Waals surface area contributed by atoms with Gasteiger partial charge in [-0.15, -0.1) is 0 Å². The van der Waals surface area contributed by atoms with Crippen LogP contribution in [0.1, 0.15) is 29.2 Å². The zero-order valence-corrected chi connectivity index (χ0v) is 18.4. The normalized spacial score (nSPS) is 16.1. The van der Waals surface area contributed by atoms with E-state index in [9.17, 15) is 4.79 Å². The van der Waals surface area contributed by atoms with Crippen molar-refractivity contribution in [3.05, 3.63) is 47.4 Å². The van der Waals surface area contributed by atoms with Gasteiger partial charge in [-0.1, -0.05) is 11.6 Å². The van der Waals surface area contributed by atoms with Gasteiger partial charge in [-0.05, 0) is 25.0 Å². The van der Waals surface area contributed by atoms with Crippen LogP contribution in [0.15, 0.2) is 36.8 Å². The minimum absolute atomic E-state index is 0.0746. The first-order chi connectivity index (χ1) is 15.6. The summed E-state index contributed by atoms with van der Waals surface area (Å²) in [6.45, 7) is 2.23. The van der Waals surface area contributed by atoms with Crippen molar-refractivity contribution < 1.29 is 14.3 Å². The Morgan fingerprint density at radius 2 is 2.06 bits per heavy atom. The average molecular weight is 455 g/mol. The zero-order chi connectivity index (χ0) is 22.1. The predicted molar refractivity (Wildman–Crippen MR) is 120 cm³/mol. The Bertz CT molecular complexity index is 1140. The number of nitrogens with zero attached hydrogens (tertiary/aromatic N) is 5. The van der Waals surface area contributed by atoms with Crippen molar-refractivity contribution in [2.75, 3.05) is 38.7 Å². The van der Waals surface area contributed by atoms with Crippen LogP contribution in [0.4, 0.5) is 11.6 Å². The molecule has 1 amide bonds. The lowest BCUT2D eigenvalue weighted by molar-refractivity contribution is 0.0301. The molecule has 0 atom stereocenters. The highest BCUT2D eigenvalue weighted by atomic mass is 35.5. The molecule has 5 rings (SSSR count). The van der Waals surface area contributed by atoms with Crippen LogP contribution in [0.25, 0.3) is 11.3 Å². The Morgan fingerprint density at radius 3 is 2.81 bits per heavy atom. The number of hydrogen-bond acceptors (Lipinski definition) is 7. The van der Waals surface area contributed by atoms with Gasteiger partial charge in [0.1, 0.15) is 5.75 Å². The fourth-order valence-corrected chi connectivity index (χ4v) is 3.84. The maximum atomic E-state index is 12.9. The third-order valence-corrected chi connectivity index (χ3v) is 5.80. The molecular formula is C22H23ClN6O3. The summed E-state index contributed by atoms with van der Waals surface area (Å²) in [6.07, 6.45) is 7.60. The van der Waals surface area contributed by atoms with Crippen LogP contribution in [0, 0.1) is 0 Å². The van der Waals surface area contributed by atoms with Gasteiger partial charge in [0.15, 0.2) is 0 Å². The lowest BCUT2D eigenvalue weighted by Crippen LogP contribution is -2.40. The van der Waals surface area contributed by atoms with Crippen molar-refractivity contribution >= 4 is 29.1 Å². The highest BCUT2D eigenvalue weighted by Crippen LogP contribution is 2.36. The average Bonchev–Trinajstić information content (AvgIpc) is 3.57. The number of halogens is 1. The van der Waals surface area contributed by atoms with Crippen LogP contribution in [-0.2, 0) is 4.74 Å². The highest BCUT2D eigenvalue weighted by Gasteiger charge is 2.25. The molecule has 1 saturated carbocycles. The first kappa shape index (κ1) is 20.7. The summed E-state index contributed by atoms with van der Waals surface area (Å²) >= 11 is 6.35. The summed E-state index contributed by atoms with van der Waals surface area (Å²) in [5.41, 5.74) is 2.66.